The van der Waals surface area contributed by atoms with E-state index in [0.29, 0.717) is 26.1 Å². The number of urea groups is 1. The standard InChI is InChI=1S/C20H25N3O3/c1-26-18-9-8-14-5-2-3-7-16(14)17(18)10-11-22-19(24)15-6-4-12-23(13-15)20(21)25/h2-3,5,7-9,15H,4,6,10-13H2,1H3,(H2,21,25)(H,22,24). The second-order valence-corrected chi connectivity index (χ2v) is 6.63. The number of hydrogen-bond acceptors (Lipinski definition) is 3. The topological polar surface area (TPSA) is 84.7 Å². The maximum absolute atomic E-state index is 12.5. The number of methoxy groups -OCH3 is 1. The number of nitrogens with zero attached hydrogens (tertiary/aromatic N) is 1. The Morgan fingerprint density at radius 2 is 2.08 bits per heavy atom. The molecule has 0 radical (unpaired) electrons. The molecule has 0 aliphatic carbocycles. The summed E-state index contributed by atoms with van der Waals surface area (Å²) in [5.74, 6) is 0.622. The minimum atomic E-state index is -0.456. The lowest BCUT2D eigenvalue weighted by Crippen LogP contribution is -2.47. The van der Waals surface area contributed by atoms with Crippen LogP contribution in [0.5, 0.6) is 5.75 Å². The summed E-state index contributed by atoms with van der Waals surface area (Å²) in [5, 5.41) is 5.29. The number of carbonyl (C=O) groups excluding carboxylic acids is 2. The van der Waals surface area contributed by atoms with Crippen molar-refractivity contribution in [2.24, 2.45) is 11.7 Å². The zero-order valence-corrected chi connectivity index (χ0v) is 15.0. The van der Waals surface area contributed by atoms with Crippen LogP contribution in [0.15, 0.2) is 36.4 Å². The molecule has 26 heavy (non-hydrogen) atoms. The van der Waals surface area contributed by atoms with E-state index in [9.17, 15) is 9.59 Å². The molecule has 0 spiro atoms. The van der Waals surface area contributed by atoms with Crippen LogP contribution in [0.4, 0.5) is 4.79 Å². The predicted octanol–water partition coefficient (Wildman–Crippen LogP) is 2.30. The molecule has 1 atom stereocenters. The number of likely N-dealkylation sites (tertiary alicyclic amines) is 1. The highest BCUT2D eigenvalue weighted by Crippen LogP contribution is 2.28. The van der Waals surface area contributed by atoms with Crippen molar-refractivity contribution >= 4 is 22.7 Å². The van der Waals surface area contributed by atoms with Crippen LogP contribution >= 0.6 is 0 Å². The van der Waals surface area contributed by atoms with Crippen LogP contribution in [-0.4, -0.2) is 43.6 Å². The summed E-state index contributed by atoms with van der Waals surface area (Å²) in [4.78, 5) is 25.3. The Kier molecular flexibility index (Phi) is 5.61. The molecule has 138 valence electrons. The minimum absolute atomic E-state index is 0.0184. The first kappa shape index (κ1) is 18.0. The number of fused-ring (bicyclic) bond motifs is 1. The molecule has 0 bridgehead atoms. The minimum Gasteiger partial charge on any atom is -0.496 e. The van der Waals surface area contributed by atoms with Crippen LogP contribution < -0.4 is 15.8 Å². The predicted molar refractivity (Wildman–Crippen MR) is 101 cm³/mol. The van der Waals surface area contributed by atoms with Crippen LogP contribution in [0, 0.1) is 5.92 Å². The molecule has 1 aliphatic heterocycles. The Morgan fingerprint density at radius 3 is 2.85 bits per heavy atom. The molecule has 2 aromatic rings. The first-order valence-corrected chi connectivity index (χ1v) is 8.97. The molecule has 3 N–H and O–H groups in total. The summed E-state index contributed by atoms with van der Waals surface area (Å²) in [6.45, 7) is 1.56. The van der Waals surface area contributed by atoms with Gasteiger partial charge < -0.3 is 20.7 Å². The number of primary amides is 1. The number of rotatable bonds is 5. The van der Waals surface area contributed by atoms with E-state index in [4.69, 9.17) is 10.5 Å². The fourth-order valence-electron chi connectivity index (χ4n) is 3.61. The Morgan fingerprint density at radius 1 is 1.27 bits per heavy atom. The molecular formula is C20H25N3O3. The number of ether oxygens (including phenoxy) is 1. The smallest absolute Gasteiger partial charge is 0.314 e. The largest absolute Gasteiger partial charge is 0.496 e. The van der Waals surface area contributed by atoms with Crippen molar-refractivity contribution in [2.75, 3.05) is 26.7 Å². The molecule has 0 aromatic heterocycles. The lowest BCUT2D eigenvalue weighted by molar-refractivity contribution is -0.126. The van der Waals surface area contributed by atoms with Crippen LogP contribution in [0.1, 0.15) is 18.4 Å². The van der Waals surface area contributed by atoms with Gasteiger partial charge in [-0.05, 0) is 36.1 Å². The molecule has 1 heterocycles. The first-order chi connectivity index (χ1) is 12.6. The van der Waals surface area contributed by atoms with E-state index in [1.807, 2.05) is 24.3 Å². The average Bonchev–Trinajstić information content (AvgIpc) is 2.68. The van der Waals surface area contributed by atoms with E-state index in [0.717, 1.165) is 34.9 Å². The number of nitrogens with two attached hydrogens (primary N) is 1. The van der Waals surface area contributed by atoms with Gasteiger partial charge in [-0.3, -0.25) is 4.79 Å². The highest BCUT2D eigenvalue weighted by molar-refractivity contribution is 5.88. The highest BCUT2D eigenvalue weighted by atomic mass is 16.5. The maximum atomic E-state index is 12.5. The zero-order chi connectivity index (χ0) is 18.5. The molecule has 3 rings (SSSR count). The van der Waals surface area contributed by atoms with Crippen molar-refractivity contribution in [1.29, 1.82) is 0 Å². The van der Waals surface area contributed by atoms with E-state index in [1.54, 1.807) is 12.0 Å². The molecule has 0 saturated carbocycles. The second-order valence-electron chi connectivity index (χ2n) is 6.63. The van der Waals surface area contributed by atoms with Gasteiger partial charge in [0.1, 0.15) is 5.75 Å². The van der Waals surface area contributed by atoms with Gasteiger partial charge >= 0.3 is 6.03 Å². The molecular weight excluding hydrogens is 330 g/mol. The van der Waals surface area contributed by atoms with Gasteiger partial charge in [-0.15, -0.1) is 0 Å². The third kappa shape index (κ3) is 3.90. The third-order valence-corrected chi connectivity index (χ3v) is 5.00. The van der Waals surface area contributed by atoms with E-state index in [-0.39, 0.29) is 11.8 Å². The van der Waals surface area contributed by atoms with E-state index in [2.05, 4.69) is 17.4 Å². The van der Waals surface area contributed by atoms with E-state index >= 15 is 0 Å². The van der Waals surface area contributed by atoms with Gasteiger partial charge in [0.15, 0.2) is 0 Å². The number of piperidine rings is 1. The van der Waals surface area contributed by atoms with Crippen LogP contribution in [-0.2, 0) is 11.2 Å². The summed E-state index contributed by atoms with van der Waals surface area (Å²) in [6.07, 6.45) is 2.27. The molecule has 1 unspecified atom stereocenters. The van der Waals surface area contributed by atoms with Crippen LogP contribution in [0.3, 0.4) is 0 Å². The second kappa shape index (κ2) is 8.08. The molecule has 1 aliphatic rings. The molecule has 6 nitrogen and oxygen atoms in total. The van der Waals surface area contributed by atoms with E-state index < -0.39 is 6.03 Å². The van der Waals surface area contributed by atoms with Gasteiger partial charge in [-0.25, -0.2) is 4.79 Å². The third-order valence-electron chi connectivity index (χ3n) is 5.00. The van der Waals surface area contributed by atoms with Crippen molar-refractivity contribution in [3.05, 3.63) is 42.0 Å². The van der Waals surface area contributed by atoms with Gasteiger partial charge in [-0.2, -0.15) is 0 Å². The Balaban J connectivity index is 1.64. The number of carbonyl (C=O) groups is 2. The van der Waals surface area contributed by atoms with Crippen molar-refractivity contribution in [1.82, 2.24) is 10.2 Å². The molecule has 3 amide bonds. The first-order valence-electron chi connectivity index (χ1n) is 8.97. The molecule has 1 fully saturated rings. The maximum Gasteiger partial charge on any atom is 0.314 e. The number of amides is 3. The molecule has 1 saturated heterocycles. The van der Waals surface area contributed by atoms with Gasteiger partial charge in [0.05, 0.1) is 13.0 Å². The Labute approximate surface area is 153 Å². The van der Waals surface area contributed by atoms with Gasteiger partial charge in [0, 0.05) is 25.2 Å². The summed E-state index contributed by atoms with van der Waals surface area (Å²) in [6, 6.07) is 11.7. The molecule has 6 heteroatoms. The van der Waals surface area contributed by atoms with Crippen molar-refractivity contribution in [3.63, 3.8) is 0 Å². The number of benzene rings is 2. The monoisotopic (exact) mass is 355 g/mol. The zero-order valence-electron chi connectivity index (χ0n) is 15.0. The van der Waals surface area contributed by atoms with Crippen molar-refractivity contribution in [2.45, 2.75) is 19.3 Å². The van der Waals surface area contributed by atoms with Crippen LogP contribution in [0.2, 0.25) is 0 Å². The lowest BCUT2D eigenvalue weighted by atomic mass is 9.97. The van der Waals surface area contributed by atoms with Gasteiger partial charge in [0.25, 0.3) is 0 Å². The van der Waals surface area contributed by atoms with Gasteiger partial charge in [-0.1, -0.05) is 30.3 Å². The Hall–Kier alpha value is -2.76. The Bertz CT molecular complexity index is 806. The summed E-state index contributed by atoms with van der Waals surface area (Å²) in [5.41, 5.74) is 6.42. The molecule has 2 aromatic carbocycles. The summed E-state index contributed by atoms with van der Waals surface area (Å²) < 4.78 is 5.50. The fraction of sp³-hybridized carbons (Fsp3) is 0.400. The van der Waals surface area contributed by atoms with Gasteiger partial charge in [0.2, 0.25) is 5.91 Å². The number of nitrogens with one attached hydrogen (secondary N) is 1. The van der Waals surface area contributed by atoms with Crippen LogP contribution in [0.25, 0.3) is 10.8 Å². The highest BCUT2D eigenvalue weighted by Gasteiger charge is 2.27. The lowest BCUT2D eigenvalue weighted by Gasteiger charge is -2.30. The van der Waals surface area contributed by atoms with E-state index in [1.165, 1.54) is 0 Å². The van der Waals surface area contributed by atoms with Crippen molar-refractivity contribution < 1.29 is 14.3 Å². The number of hydrogen-bond donors (Lipinski definition) is 2. The SMILES string of the molecule is COc1ccc2ccccc2c1CCNC(=O)C1CCCN(C(N)=O)C1. The fourth-order valence-corrected chi connectivity index (χ4v) is 3.61. The average molecular weight is 355 g/mol. The van der Waals surface area contributed by atoms with Crippen molar-refractivity contribution in [3.8, 4) is 5.75 Å². The quantitative estimate of drug-likeness (QED) is 0.863. The summed E-state index contributed by atoms with van der Waals surface area (Å²) in [7, 11) is 1.66. The summed E-state index contributed by atoms with van der Waals surface area (Å²) >= 11 is 0. The normalized spacial score (nSPS) is 17.1.